The lowest BCUT2D eigenvalue weighted by Crippen LogP contribution is -2.46. The second kappa shape index (κ2) is 5.69. The summed E-state index contributed by atoms with van der Waals surface area (Å²) >= 11 is 0. The van der Waals surface area contributed by atoms with E-state index in [1.54, 1.807) is 11.9 Å². The molecular formula is C10H18N2O4. The van der Waals surface area contributed by atoms with Crippen LogP contribution in [-0.4, -0.2) is 54.4 Å². The maximum atomic E-state index is 11.6. The Morgan fingerprint density at radius 2 is 2.25 bits per heavy atom. The minimum atomic E-state index is -0.916. The largest absolute Gasteiger partial charge is 0.481 e. The summed E-state index contributed by atoms with van der Waals surface area (Å²) in [5.41, 5.74) is 0. The van der Waals surface area contributed by atoms with Crippen LogP contribution in [0.3, 0.4) is 0 Å². The summed E-state index contributed by atoms with van der Waals surface area (Å²) < 4.78 is 5.36. The normalized spacial score (nSPS) is 24.1. The molecule has 0 aromatic rings. The number of rotatable bonds is 4. The molecule has 16 heavy (non-hydrogen) atoms. The number of hydrogen-bond donors (Lipinski definition) is 2. The third kappa shape index (κ3) is 3.37. The second-order valence-corrected chi connectivity index (χ2v) is 3.92. The van der Waals surface area contributed by atoms with E-state index in [1.807, 2.05) is 6.92 Å². The first-order valence-electron chi connectivity index (χ1n) is 5.36. The van der Waals surface area contributed by atoms with Crippen LogP contribution in [0.2, 0.25) is 0 Å². The molecule has 0 saturated carbocycles. The van der Waals surface area contributed by atoms with E-state index in [9.17, 15) is 9.59 Å². The lowest BCUT2D eigenvalue weighted by Gasteiger charge is -2.26. The van der Waals surface area contributed by atoms with Gasteiger partial charge in [0.05, 0.1) is 18.6 Å². The standard InChI is InChI=1S/C10H18N2O4/c1-7-8(4-6-16-7)12(2)10(15)11-5-3-9(13)14/h7-8H,3-6H2,1-2H3,(H,11,15)(H,13,14). The maximum Gasteiger partial charge on any atom is 0.317 e. The fraction of sp³-hybridized carbons (Fsp3) is 0.800. The van der Waals surface area contributed by atoms with Crippen LogP contribution in [0.1, 0.15) is 19.8 Å². The highest BCUT2D eigenvalue weighted by atomic mass is 16.5. The van der Waals surface area contributed by atoms with Crippen molar-refractivity contribution in [1.82, 2.24) is 10.2 Å². The second-order valence-electron chi connectivity index (χ2n) is 3.92. The molecule has 6 heteroatoms. The fourth-order valence-corrected chi connectivity index (χ4v) is 1.78. The van der Waals surface area contributed by atoms with Gasteiger partial charge in [0.15, 0.2) is 0 Å². The van der Waals surface area contributed by atoms with Gasteiger partial charge in [-0.25, -0.2) is 4.79 Å². The van der Waals surface area contributed by atoms with Crippen molar-refractivity contribution in [2.75, 3.05) is 20.2 Å². The van der Waals surface area contributed by atoms with Gasteiger partial charge >= 0.3 is 12.0 Å². The number of amides is 2. The van der Waals surface area contributed by atoms with E-state index in [4.69, 9.17) is 9.84 Å². The van der Waals surface area contributed by atoms with E-state index in [-0.39, 0.29) is 31.1 Å². The third-order valence-electron chi connectivity index (χ3n) is 2.77. The zero-order chi connectivity index (χ0) is 12.1. The van der Waals surface area contributed by atoms with Crippen molar-refractivity contribution in [2.45, 2.75) is 31.9 Å². The highest BCUT2D eigenvalue weighted by Gasteiger charge is 2.30. The van der Waals surface area contributed by atoms with Crippen molar-refractivity contribution in [3.63, 3.8) is 0 Å². The molecule has 2 amide bonds. The molecule has 1 rings (SSSR count). The smallest absolute Gasteiger partial charge is 0.317 e. The Morgan fingerprint density at radius 3 is 2.75 bits per heavy atom. The van der Waals surface area contributed by atoms with E-state index in [1.165, 1.54) is 0 Å². The van der Waals surface area contributed by atoms with Gasteiger partial charge in [-0.2, -0.15) is 0 Å². The minimum absolute atomic E-state index is 0.0372. The molecule has 1 fully saturated rings. The molecular weight excluding hydrogens is 212 g/mol. The van der Waals surface area contributed by atoms with Crippen LogP contribution in [0.4, 0.5) is 4.79 Å². The van der Waals surface area contributed by atoms with Crippen molar-refractivity contribution < 1.29 is 19.4 Å². The zero-order valence-electron chi connectivity index (χ0n) is 9.60. The molecule has 6 nitrogen and oxygen atoms in total. The summed E-state index contributed by atoms with van der Waals surface area (Å²) in [6.07, 6.45) is 0.801. The predicted octanol–water partition coefficient (Wildman–Crippen LogP) is 0.280. The average Bonchev–Trinajstić information content (AvgIpc) is 2.62. The van der Waals surface area contributed by atoms with Crippen LogP contribution in [-0.2, 0) is 9.53 Å². The molecule has 1 aliphatic heterocycles. The Kier molecular flexibility index (Phi) is 4.54. The van der Waals surface area contributed by atoms with Crippen LogP contribution in [0, 0.1) is 0 Å². The summed E-state index contributed by atoms with van der Waals surface area (Å²) in [7, 11) is 1.70. The molecule has 1 aliphatic rings. The Hall–Kier alpha value is -1.30. The SMILES string of the molecule is CC1OCCC1N(C)C(=O)NCCC(=O)O. The zero-order valence-corrected chi connectivity index (χ0v) is 9.60. The molecule has 2 N–H and O–H groups in total. The van der Waals surface area contributed by atoms with Crippen LogP contribution in [0.15, 0.2) is 0 Å². The minimum Gasteiger partial charge on any atom is -0.481 e. The van der Waals surface area contributed by atoms with Crippen LogP contribution < -0.4 is 5.32 Å². The summed E-state index contributed by atoms with van der Waals surface area (Å²) in [4.78, 5) is 23.5. The number of carboxylic acid groups (broad SMARTS) is 1. The molecule has 0 aromatic carbocycles. The molecule has 2 atom stereocenters. The number of likely N-dealkylation sites (N-methyl/N-ethyl adjacent to an activating group) is 1. The van der Waals surface area contributed by atoms with E-state index in [0.29, 0.717) is 6.61 Å². The quantitative estimate of drug-likeness (QED) is 0.727. The van der Waals surface area contributed by atoms with Crippen molar-refractivity contribution in [3.05, 3.63) is 0 Å². The molecule has 0 aliphatic carbocycles. The number of nitrogens with one attached hydrogen (secondary N) is 1. The number of aliphatic carboxylic acids is 1. The Bertz CT molecular complexity index is 270. The van der Waals surface area contributed by atoms with Crippen LogP contribution in [0.5, 0.6) is 0 Å². The molecule has 1 heterocycles. The molecule has 0 radical (unpaired) electrons. The first-order chi connectivity index (χ1) is 7.52. The third-order valence-corrected chi connectivity index (χ3v) is 2.77. The van der Waals surface area contributed by atoms with E-state index >= 15 is 0 Å². The monoisotopic (exact) mass is 230 g/mol. The molecule has 0 aromatic heterocycles. The first kappa shape index (κ1) is 12.8. The van der Waals surface area contributed by atoms with Gasteiger partial charge < -0.3 is 20.1 Å². The molecule has 2 unspecified atom stereocenters. The number of ether oxygens (including phenoxy) is 1. The highest BCUT2D eigenvalue weighted by molar-refractivity contribution is 5.75. The number of carbonyl (C=O) groups is 2. The number of carbonyl (C=O) groups excluding carboxylic acids is 1. The van der Waals surface area contributed by atoms with Crippen molar-refractivity contribution >= 4 is 12.0 Å². The van der Waals surface area contributed by atoms with Gasteiger partial charge in [0.25, 0.3) is 0 Å². The van der Waals surface area contributed by atoms with Gasteiger partial charge in [0.2, 0.25) is 0 Å². The Labute approximate surface area is 94.6 Å². The van der Waals surface area contributed by atoms with Crippen molar-refractivity contribution in [3.8, 4) is 0 Å². The van der Waals surface area contributed by atoms with Gasteiger partial charge in [0.1, 0.15) is 0 Å². The summed E-state index contributed by atoms with van der Waals surface area (Å²) in [5.74, 6) is -0.916. The topological polar surface area (TPSA) is 78.9 Å². The number of nitrogens with zero attached hydrogens (tertiary/aromatic N) is 1. The van der Waals surface area contributed by atoms with E-state index in [2.05, 4.69) is 5.32 Å². The number of urea groups is 1. The summed E-state index contributed by atoms with van der Waals surface area (Å²) in [5, 5.41) is 11.0. The summed E-state index contributed by atoms with van der Waals surface area (Å²) in [6.45, 7) is 2.75. The highest BCUT2D eigenvalue weighted by Crippen LogP contribution is 2.17. The lowest BCUT2D eigenvalue weighted by molar-refractivity contribution is -0.136. The van der Waals surface area contributed by atoms with Gasteiger partial charge in [-0.1, -0.05) is 0 Å². The fourth-order valence-electron chi connectivity index (χ4n) is 1.78. The number of carboxylic acids is 1. The van der Waals surface area contributed by atoms with E-state index in [0.717, 1.165) is 6.42 Å². The van der Waals surface area contributed by atoms with Gasteiger partial charge in [-0.3, -0.25) is 4.79 Å². The first-order valence-corrected chi connectivity index (χ1v) is 5.36. The molecule has 0 bridgehead atoms. The van der Waals surface area contributed by atoms with Gasteiger partial charge in [-0.15, -0.1) is 0 Å². The predicted molar refractivity (Wildman–Crippen MR) is 57.2 cm³/mol. The lowest BCUT2D eigenvalue weighted by atomic mass is 10.1. The molecule has 92 valence electrons. The van der Waals surface area contributed by atoms with Crippen molar-refractivity contribution in [1.29, 1.82) is 0 Å². The van der Waals surface area contributed by atoms with Crippen molar-refractivity contribution in [2.24, 2.45) is 0 Å². The maximum absolute atomic E-state index is 11.6. The van der Waals surface area contributed by atoms with Crippen LogP contribution >= 0.6 is 0 Å². The summed E-state index contributed by atoms with van der Waals surface area (Å²) in [6, 6.07) is -0.173. The van der Waals surface area contributed by atoms with Gasteiger partial charge in [0, 0.05) is 20.2 Å². The number of hydrogen-bond acceptors (Lipinski definition) is 3. The van der Waals surface area contributed by atoms with E-state index < -0.39 is 5.97 Å². The average molecular weight is 230 g/mol. The molecule has 1 saturated heterocycles. The molecule has 0 spiro atoms. The Morgan fingerprint density at radius 1 is 1.56 bits per heavy atom. The van der Waals surface area contributed by atoms with Crippen LogP contribution in [0.25, 0.3) is 0 Å². The van der Waals surface area contributed by atoms with Gasteiger partial charge in [-0.05, 0) is 13.3 Å². The Balaban J connectivity index is 2.32.